The highest BCUT2D eigenvalue weighted by Gasteiger charge is 2.38. The van der Waals surface area contributed by atoms with Crippen molar-refractivity contribution in [2.45, 2.75) is 19.8 Å². The van der Waals surface area contributed by atoms with E-state index in [2.05, 4.69) is 11.6 Å². The van der Waals surface area contributed by atoms with Gasteiger partial charge < -0.3 is 4.74 Å². The van der Waals surface area contributed by atoms with E-state index in [1.807, 2.05) is 6.07 Å². The molecule has 0 unspecified atom stereocenters. The molecule has 1 aliphatic carbocycles. The third-order valence-electron chi connectivity index (χ3n) is 3.07. The van der Waals surface area contributed by atoms with Gasteiger partial charge in [-0.25, -0.2) is 5.14 Å². The number of rotatable bonds is 5. The van der Waals surface area contributed by atoms with Crippen molar-refractivity contribution < 1.29 is 13.2 Å². The van der Waals surface area contributed by atoms with Crippen LogP contribution >= 0.6 is 0 Å². The largest absolute Gasteiger partial charge is 0.492 e. The number of nitrogens with one attached hydrogen (secondary N) is 1. The molecule has 0 radical (unpaired) electrons. The predicted molar refractivity (Wildman–Crippen MR) is 70.7 cm³/mol. The molecule has 19 heavy (non-hydrogen) atoms. The summed E-state index contributed by atoms with van der Waals surface area (Å²) >= 11 is 0. The summed E-state index contributed by atoms with van der Waals surface area (Å²) in [5.41, 5.74) is 0.444. The van der Waals surface area contributed by atoms with Gasteiger partial charge in [-0.3, -0.25) is 4.72 Å². The molecule has 0 atom stereocenters. The summed E-state index contributed by atoms with van der Waals surface area (Å²) in [6.45, 7) is 2.62. The summed E-state index contributed by atoms with van der Waals surface area (Å²) in [4.78, 5) is 0. The maximum Gasteiger partial charge on any atom is 0.296 e. The van der Waals surface area contributed by atoms with Gasteiger partial charge in [-0.1, -0.05) is 13.0 Å². The van der Waals surface area contributed by atoms with Crippen LogP contribution in [-0.2, 0) is 10.2 Å². The minimum atomic E-state index is -3.91. The summed E-state index contributed by atoms with van der Waals surface area (Å²) in [6.07, 6.45) is 2.20. The van der Waals surface area contributed by atoms with Crippen molar-refractivity contribution in [2.75, 3.05) is 11.3 Å². The second-order valence-corrected chi connectivity index (χ2v) is 6.33. The molecule has 2 rings (SSSR count). The molecule has 0 spiro atoms. The van der Waals surface area contributed by atoms with Gasteiger partial charge in [0.2, 0.25) is 0 Å². The van der Waals surface area contributed by atoms with Gasteiger partial charge in [-0.15, -0.1) is 0 Å². The molecule has 102 valence electrons. The molecule has 6 nitrogen and oxygen atoms in total. The quantitative estimate of drug-likeness (QED) is 0.849. The molecule has 0 aromatic heterocycles. The van der Waals surface area contributed by atoms with Crippen LogP contribution in [-0.4, -0.2) is 15.0 Å². The Morgan fingerprint density at radius 1 is 1.53 bits per heavy atom. The Morgan fingerprint density at radius 3 is 2.74 bits per heavy atom. The smallest absolute Gasteiger partial charge is 0.296 e. The Bertz CT molecular complexity index is 630. The minimum Gasteiger partial charge on any atom is -0.492 e. The molecular formula is C12H15N3O3S. The standard InChI is InChI=1S/C12H15N3O3S/c1-12(5-6-12)8-18-11-4-2-3-10(9(11)7-13)15-19(14,16)17/h2-4,15H,5-6,8H2,1H3,(H2,14,16,17). The van der Waals surface area contributed by atoms with Crippen LogP contribution in [0.4, 0.5) is 5.69 Å². The fourth-order valence-electron chi connectivity index (χ4n) is 1.61. The molecular weight excluding hydrogens is 266 g/mol. The molecule has 1 fully saturated rings. The minimum absolute atomic E-state index is 0.128. The zero-order chi connectivity index (χ0) is 14.1. The highest BCUT2D eigenvalue weighted by Crippen LogP contribution is 2.45. The summed E-state index contributed by atoms with van der Waals surface area (Å²) < 4.78 is 29.8. The van der Waals surface area contributed by atoms with Crippen LogP contribution in [0.15, 0.2) is 18.2 Å². The molecule has 1 aromatic rings. The molecule has 0 aliphatic heterocycles. The zero-order valence-corrected chi connectivity index (χ0v) is 11.3. The van der Waals surface area contributed by atoms with Gasteiger partial charge in [0.15, 0.2) is 0 Å². The van der Waals surface area contributed by atoms with Crippen LogP contribution in [0.1, 0.15) is 25.3 Å². The van der Waals surface area contributed by atoms with Crippen molar-refractivity contribution in [1.82, 2.24) is 0 Å². The molecule has 0 amide bonds. The SMILES string of the molecule is CC1(COc2cccc(NS(N)(=O)=O)c2C#N)CC1. The van der Waals surface area contributed by atoms with E-state index in [1.54, 1.807) is 12.1 Å². The summed E-state index contributed by atoms with van der Waals surface area (Å²) in [7, 11) is -3.91. The molecule has 7 heteroatoms. The molecule has 1 saturated carbocycles. The number of ether oxygens (including phenoxy) is 1. The van der Waals surface area contributed by atoms with Crippen molar-refractivity contribution in [3.63, 3.8) is 0 Å². The van der Waals surface area contributed by atoms with E-state index >= 15 is 0 Å². The maximum absolute atomic E-state index is 11.0. The van der Waals surface area contributed by atoms with E-state index in [9.17, 15) is 8.42 Å². The van der Waals surface area contributed by atoms with Gasteiger partial charge in [0.05, 0.1) is 12.3 Å². The first-order chi connectivity index (χ1) is 8.83. The zero-order valence-electron chi connectivity index (χ0n) is 10.5. The van der Waals surface area contributed by atoms with Crippen molar-refractivity contribution in [2.24, 2.45) is 10.6 Å². The average Bonchev–Trinajstić information content (AvgIpc) is 3.03. The fraction of sp³-hybridized carbons (Fsp3) is 0.417. The lowest BCUT2D eigenvalue weighted by Crippen LogP contribution is -2.22. The second-order valence-electron chi connectivity index (χ2n) is 5.04. The first kappa shape index (κ1) is 13.6. The molecule has 1 aromatic carbocycles. The Labute approximate surface area is 112 Å². The van der Waals surface area contributed by atoms with Gasteiger partial charge in [-0.05, 0) is 25.0 Å². The van der Waals surface area contributed by atoms with Gasteiger partial charge >= 0.3 is 0 Å². The number of anilines is 1. The van der Waals surface area contributed by atoms with E-state index in [0.717, 1.165) is 12.8 Å². The maximum atomic E-state index is 11.0. The number of hydrogen-bond donors (Lipinski definition) is 2. The normalized spacial score (nSPS) is 16.5. The van der Waals surface area contributed by atoms with Crippen LogP contribution in [0, 0.1) is 16.7 Å². The molecule has 0 bridgehead atoms. The van der Waals surface area contributed by atoms with Gasteiger partial charge in [0, 0.05) is 5.41 Å². The Morgan fingerprint density at radius 2 is 2.21 bits per heavy atom. The van der Waals surface area contributed by atoms with E-state index in [1.165, 1.54) is 6.07 Å². The molecule has 0 heterocycles. The summed E-state index contributed by atoms with van der Waals surface area (Å²) in [6, 6.07) is 6.65. The van der Waals surface area contributed by atoms with E-state index in [-0.39, 0.29) is 16.7 Å². The average molecular weight is 281 g/mol. The van der Waals surface area contributed by atoms with Crippen molar-refractivity contribution in [3.8, 4) is 11.8 Å². The van der Waals surface area contributed by atoms with Gasteiger partial charge in [0.1, 0.15) is 17.4 Å². The van der Waals surface area contributed by atoms with Crippen molar-refractivity contribution in [1.29, 1.82) is 5.26 Å². The first-order valence-electron chi connectivity index (χ1n) is 5.79. The monoisotopic (exact) mass is 281 g/mol. The number of hydrogen-bond acceptors (Lipinski definition) is 4. The third kappa shape index (κ3) is 3.59. The van der Waals surface area contributed by atoms with E-state index < -0.39 is 10.2 Å². The number of nitrogens with two attached hydrogens (primary N) is 1. The molecule has 1 aliphatic rings. The third-order valence-corrected chi connectivity index (χ3v) is 3.57. The van der Waals surface area contributed by atoms with Crippen LogP contribution in [0.2, 0.25) is 0 Å². The van der Waals surface area contributed by atoms with Crippen LogP contribution in [0.25, 0.3) is 0 Å². The number of nitriles is 1. The first-order valence-corrected chi connectivity index (χ1v) is 7.34. The molecule has 3 N–H and O–H groups in total. The summed E-state index contributed by atoms with van der Waals surface area (Å²) in [5.74, 6) is 0.365. The highest BCUT2D eigenvalue weighted by molar-refractivity contribution is 7.90. The number of benzene rings is 1. The van der Waals surface area contributed by atoms with Crippen LogP contribution < -0.4 is 14.6 Å². The van der Waals surface area contributed by atoms with E-state index in [0.29, 0.717) is 12.4 Å². The summed E-state index contributed by atoms with van der Waals surface area (Å²) in [5, 5.41) is 14.0. The number of nitrogens with zero attached hydrogens (tertiary/aromatic N) is 1. The van der Waals surface area contributed by atoms with Crippen LogP contribution in [0.5, 0.6) is 5.75 Å². The highest BCUT2D eigenvalue weighted by atomic mass is 32.2. The Hall–Kier alpha value is -1.78. The predicted octanol–water partition coefficient (Wildman–Crippen LogP) is 1.35. The van der Waals surface area contributed by atoms with Gasteiger partial charge in [-0.2, -0.15) is 13.7 Å². The lowest BCUT2D eigenvalue weighted by Gasteiger charge is -2.14. The Kier molecular flexibility index (Phi) is 3.39. The lowest BCUT2D eigenvalue weighted by molar-refractivity contribution is 0.247. The fourth-order valence-corrected chi connectivity index (χ4v) is 2.09. The van der Waals surface area contributed by atoms with Crippen molar-refractivity contribution in [3.05, 3.63) is 23.8 Å². The van der Waals surface area contributed by atoms with Gasteiger partial charge in [0.25, 0.3) is 10.2 Å². The second kappa shape index (κ2) is 4.72. The van der Waals surface area contributed by atoms with E-state index in [4.69, 9.17) is 15.1 Å². The lowest BCUT2D eigenvalue weighted by atomic mass is 10.1. The Balaban J connectivity index is 2.23. The van der Waals surface area contributed by atoms with Crippen molar-refractivity contribution >= 4 is 15.9 Å². The topological polar surface area (TPSA) is 105 Å². The molecule has 0 saturated heterocycles. The van der Waals surface area contributed by atoms with Crippen LogP contribution in [0.3, 0.4) is 0 Å².